The van der Waals surface area contributed by atoms with Crippen LogP contribution >= 0.6 is 11.8 Å². The topological polar surface area (TPSA) is 80.3 Å². The van der Waals surface area contributed by atoms with Gasteiger partial charge in [-0.25, -0.2) is 0 Å². The molecule has 114 valence electrons. The number of rotatable bonds is 4. The number of hydrogen-bond acceptors (Lipinski definition) is 5. The molecule has 0 saturated heterocycles. The molecule has 0 aliphatic heterocycles. The summed E-state index contributed by atoms with van der Waals surface area (Å²) in [5.41, 5.74) is 5.21. The Labute approximate surface area is 132 Å². The van der Waals surface area contributed by atoms with Crippen molar-refractivity contribution in [3.63, 3.8) is 0 Å². The van der Waals surface area contributed by atoms with Gasteiger partial charge in [-0.2, -0.15) is 0 Å². The van der Waals surface area contributed by atoms with Crippen molar-refractivity contribution >= 4 is 23.6 Å². The van der Waals surface area contributed by atoms with Gasteiger partial charge in [-0.15, -0.1) is 11.8 Å². The normalized spacial score (nSPS) is 9.91. The molecule has 2 rings (SSSR count). The first-order chi connectivity index (χ1) is 10.7. The first kappa shape index (κ1) is 15.8. The fourth-order valence-electron chi connectivity index (χ4n) is 1.73. The summed E-state index contributed by atoms with van der Waals surface area (Å²) in [5.74, 6) is -0.515. The van der Waals surface area contributed by atoms with E-state index in [4.69, 9.17) is 4.74 Å². The molecule has 22 heavy (non-hydrogen) atoms. The zero-order chi connectivity index (χ0) is 15.9. The number of methoxy groups -OCH3 is 1. The SMILES string of the molecule is COc1cc(SC)ccc1C(=O)NNC(=O)c1ccccn1. The van der Waals surface area contributed by atoms with E-state index < -0.39 is 11.8 Å². The molecule has 0 bridgehead atoms. The second-order valence-electron chi connectivity index (χ2n) is 4.19. The van der Waals surface area contributed by atoms with Gasteiger partial charge >= 0.3 is 0 Å². The van der Waals surface area contributed by atoms with Gasteiger partial charge in [0, 0.05) is 11.1 Å². The third-order valence-electron chi connectivity index (χ3n) is 2.84. The number of ether oxygens (including phenoxy) is 1. The minimum atomic E-state index is -0.492. The highest BCUT2D eigenvalue weighted by Gasteiger charge is 2.14. The molecule has 6 nitrogen and oxygen atoms in total. The fraction of sp³-hybridized carbons (Fsp3) is 0.133. The molecule has 0 unspecified atom stereocenters. The minimum Gasteiger partial charge on any atom is -0.496 e. The van der Waals surface area contributed by atoms with E-state index in [-0.39, 0.29) is 5.69 Å². The van der Waals surface area contributed by atoms with E-state index in [0.29, 0.717) is 11.3 Å². The van der Waals surface area contributed by atoms with E-state index in [1.54, 1.807) is 42.1 Å². The number of carbonyl (C=O) groups excluding carboxylic acids is 2. The smallest absolute Gasteiger partial charge is 0.288 e. The lowest BCUT2D eigenvalue weighted by molar-refractivity contribution is 0.0842. The first-order valence-corrected chi connectivity index (χ1v) is 7.62. The van der Waals surface area contributed by atoms with E-state index >= 15 is 0 Å². The van der Waals surface area contributed by atoms with Crippen LogP contribution in [0.1, 0.15) is 20.8 Å². The average Bonchev–Trinajstić information content (AvgIpc) is 2.59. The number of amides is 2. The van der Waals surface area contributed by atoms with Crippen molar-refractivity contribution in [1.29, 1.82) is 0 Å². The van der Waals surface area contributed by atoms with Gasteiger partial charge in [-0.05, 0) is 36.6 Å². The molecule has 0 saturated carbocycles. The van der Waals surface area contributed by atoms with Crippen molar-refractivity contribution in [2.45, 2.75) is 4.90 Å². The van der Waals surface area contributed by atoms with Gasteiger partial charge in [0.15, 0.2) is 0 Å². The second-order valence-corrected chi connectivity index (χ2v) is 5.07. The van der Waals surface area contributed by atoms with Crippen LogP contribution in [0.2, 0.25) is 0 Å². The summed E-state index contributed by atoms with van der Waals surface area (Å²) >= 11 is 1.54. The van der Waals surface area contributed by atoms with Gasteiger partial charge in [-0.1, -0.05) is 6.07 Å². The molecular formula is C15H15N3O3S. The first-order valence-electron chi connectivity index (χ1n) is 6.39. The van der Waals surface area contributed by atoms with Crippen LogP contribution in [0.25, 0.3) is 0 Å². The largest absolute Gasteiger partial charge is 0.496 e. The van der Waals surface area contributed by atoms with Crippen molar-refractivity contribution in [3.8, 4) is 5.75 Å². The third-order valence-corrected chi connectivity index (χ3v) is 3.57. The lowest BCUT2D eigenvalue weighted by Gasteiger charge is -2.11. The quantitative estimate of drug-likeness (QED) is 0.665. The molecule has 0 spiro atoms. The molecule has 1 aromatic carbocycles. The summed E-state index contributed by atoms with van der Waals surface area (Å²) in [6.45, 7) is 0. The zero-order valence-electron chi connectivity index (χ0n) is 12.1. The number of aromatic nitrogens is 1. The highest BCUT2D eigenvalue weighted by atomic mass is 32.2. The Kier molecular flexibility index (Phi) is 5.37. The lowest BCUT2D eigenvalue weighted by atomic mass is 10.2. The number of nitrogens with one attached hydrogen (secondary N) is 2. The number of thioether (sulfide) groups is 1. The summed E-state index contributed by atoms with van der Waals surface area (Å²) in [7, 11) is 1.49. The number of hydrazine groups is 1. The predicted octanol–water partition coefficient (Wildman–Crippen LogP) is 1.89. The Morgan fingerprint density at radius 3 is 2.55 bits per heavy atom. The Morgan fingerprint density at radius 2 is 1.91 bits per heavy atom. The summed E-state index contributed by atoms with van der Waals surface area (Å²) in [5, 5.41) is 0. The highest BCUT2D eigenvalue weighted by molar-refractivity contribution is 7.98. The molecule has 1 aromatic heterocycles. The van der Waals surface area contributed by atoms with Crippen LogP contribution in [0.3, 0.4) is 0 Å². The van der Waals surface area contributed by atoms with Gasteiger partial charge < -0.3 is 4.74 Å². The second kappa shape index (κ2) is 7.46. The van der Waals surface area contributed by atoms with Gasteiger partial charge in [0.25, 0.3) is 11.8 Å². The standard InChI is InChI=1S/C15H15N3O3S/c1-21-13-9-10(22-2)6-7-11(13)14(19)17-18-15(20)12-5-3-4-8-16-12/h3-9H,1-2H3,(H,17,19)(H,18,20). The lowest BCUT2D eigenvalue weighted by Crippen LogP contribution is -2.42. The molecule has 0 fully saturated rings. The third kappa shape index (κ3) is 3.76. The Morgan fingerprint density at radius 1 is 1.14 bits per heavy atom. The molecule has 2 amide bonds. The van der Waals surface area contributed by atoms with Gasteiger partial charge in [-0.3, -0.25) is 25.4 Å². The Hall–Kier alpha value is -2.54. The molecule has 2 aromatic rings. The van der Waals surface area contributed by atoms with Crippen LogP contribution in [0.5, 0.6) is 5.75 Å². The van der Waals surface area contributed by atoms with Crippen molar-refractivity contribution in [2.24, 2.45) is 0 Å². The maximum Gasteiger partial charge on any atom is 0.288 e. The van der Waals surface area contributed by atoms with Crippen LogP contribution in [0, 0.1) is 0 Å². The molecular weight excluding hydrogens is 302 g/mol. The summed E-state index contributed by atoms with van der Waals surface area (Å²) in [4.78, 5) is 28.8. The molecule has 1 heterocycles. The van der Waals surface area contributed by atoms with E-state index in [1.165, 1.54) is 13.3 Å². The van der Waals surface area contributed by atoms with Crippen molar-refractivity contribution in [3.05, 3.63) is 53.9 Å². The van der Waals surface area contributed by atoms with Crippen LogP contribution in [-0.4, -0.2) is 30.2 Å². The maximum absolute atomic E-state index is 12.1. The fourth-order valence-corrected chi connectivity index (χ4v) is 2.16. The van der Waals surface area contributed by atoms with E-state index in [2.05, 4.69) is 15.8 Å². The van der Waals surface area contributed by atoms with Crippen LogP contribution in [-0.2, 0) is 0 Å². The summed E-state index contributed by atoms with van der Waals surface area (Å²) in [6, 6.07) is 10.2. The van der Waals surface area contributed by atoms with Crippen LogP contribution < -0.4 is 15.6 Å². The van der Waals surface area contributed by atoms with Crippen molar-refractivity contribution < 1.29 is 14.3 Å². The van der Waals surface area contributed by atoms with Gasteiger partial charge in [0.1, 0.15) is 11.4 Å². The van der Waals surface area contributed by atoms with Gasteiger partial charge in [0.05, 0.1) is 12.7 Å². The van der Waals surface area contributed by atoms with Gasteiger partial charge in [0.2, 0.25) is 0 Å². The summed E-state index contributed by atoms with van der Waals surface area (Å²) < 4.78 is 5.20. The van der Waals surface area contributed by atoms with E-state index in [9.17, 15) is 9.59 Å². The average molecular weight is 317 g/mol. The van der Waals surface area contributed by atoms with Crippen LogP contribution in [0.4, 0.5) is 0 Å². The number of hydrogen-bond donors (Lipinski definition) is 2. The minimum absolute atomic E-state index is 0.215. The number of carbonyl (C=O) groups is 2. The Bertz CT molecular complexity index is 677. The molecule has 2 N–H and O–H groups in total. The number of nitrogens with zero attached hydrogens (tertiary/aromatic N) is 1. The molecule has 7 heteroatoms. The summed E-state index contributed by atoms with van der Waals surface area (Å²) in [6.07, 6.45) is 3.43. The molecule has 0 aliphatic carbocycles. The molecule has 0 atom stereocenters. The Balaban J connectivity index is 2.05. The van der Waals surface area contributed by atoms with E-state index in [1.807, 2.05) is 12.3 Å². The van der Waals surface area contributed by atoms with Crippen LogP contribution in [0.15, 0.2) is 47.5 Å². The predicted molar refractivity (Wildman–Crippen MR) is 83.9 cm³/mol. The zero-order valence-corrected chi connectivity index (χ0v) is 12.9. The maximum atomic E-state index is 12.1. The molecule has 0 aliphatic rings. The van der Waals surface area contributed by atoms with E-state index in [0.717, 1.165) is 4.90 Å². The monoisotopic (exact) mass is 317 g/mol. The number of benzene rings is 1. The van der Waals surface area contributed by atoms with Crippen molar-refractivity contribution in [2.75, 3.05) is 13.4 Å². The molecule has 0 radical (unpaired) electrons. The van der Waals surface area contributed by atoms with Crippen molar-refractivity contribution in [1.82, 2.24) is 15.8 Å². The highest BCUT2D eigenvalue weighted by Crippen LogP contribution is 2.25. The number of pyridine rings is 1.